The van der Waals surface area contributed by atoms with Gasteiger partial charge < -0.3 is 5.09 Å². The first-order chi connectivity index (χ1) is 6.10. The molecule has 13 heavy (non-hydrogen) atoms. The van der Waals surface area contributed by atoms with Crippen molar-refractivity contribution in [3.05, 3.63) is 0 Å². The number of hydrogen-bond donors (Lipinski definition) is 4. The molecule has 0 fully saturated rings. The van der Waals surface area contributed by atoms with E-state index in [1.807, 2.05) is 14.8 Å². The molecule has 0 bridgehead atoms. The van der Waals surface area contributed by atoms with Crippen LogP contribution in [0.2, 0.25) is 0 Å². The number of carbonyl (C=O) groups excluding carboxylic acids is 3. The maximum absolute atomic E-state index is 10.8. The maximum Gasteiger partial charge on any atom is 0.248 e. The topological polar surface area (TPSA) is 87.3 Å². The van der Waals surface area contributed by atoms with Crippen LogP contribution in [0.25, 0.3) is 0 Å². The Labute approximate surface area is 82.8 Å². The van der Waals surface area contributed by atoms with Gasteiger partial charge in [0, 0.05) is 0 Å². The zero-order valence-corrected chi connectivity index (χ0v) is 8.71. The minimum absolute atomic E-state index is 0.0316. The number of nitrogens with one attached hydrogen (secondary N) is 3. The van der Waals surface area contributed by atoms with Crippen LogP contribution >= 0.6 is 22.0 Å². The molecule has 0 aromatic carbocycles. The highest BCUT2D eigenvalue weighted by atomic mass is 32.1. The van der Waals surface area contributed by atoms with Gasteiger partial charge in [0.1, 0.15) is 6.42 Å². The Bertz CT molecular complexity index is 223. The van der Waals surface area contributed by atoms with Gasteiger partial charge in [-0.2, -0.15) is 12.6 Å². The number of thiol groups is 1. The first kappa shape index (κ1) is 12.2. The lowest BCUT2D eigenvalue weighted by Gasteiger charge is -2.04. The summed E-state index contributed by atoms with van der Waals surface area (Å²) in [4.78, 5) is 32.0. The molecule has 1 unspecified atom stereocenters. The number of amides is 3. The van der Waals surface area contributed by atoms with Crippen LogP contribution in [0.4, 0.5) is 0 Å². The van der Waals surface area contributed by atoms with Crippen LogP contribution in [-0.4, -0.2) is 23.5 Å². The molecule has 0 saturated carbocycles. The summed E-state index contributed by atoms with van der Waals surface area (Å²) in [5, 5.41) is 2.19. The minimum Gasteiger partial charge on any atom is -0.340 e. The highest BCUT2D eigenvalue weighted by Gasteiger charge is 2.07. The van der Waals surface area contributed by atoms with Crippen molar-refractivity contribution in [2.24, 2.45) is 0 Å². The van der Waals surface area contributed by atoms with E-state index in [1.54, 1.807) is 0 Å². The summed E-state index contributed by atoms with van der Waals surface area (Å²) in [7, 11) is 1.97. The maximum atomic E-state index is 10.8. The Kier molecular flexibility index (Phi) is 6.26. The first-order valence-electron chi connectivity index (χ1n) is 3.28. The Morgan fingerprint density at radius 2 is 1.62 bits per heavy atom. The lowest BCUT2D eigenvalue weighted by atomic mass is 10.4. The van der Waals surface area contributed by atoms with Crippen molar-refractivity contribution >= 4 is 39.7 Å². The van der Waals surface area contributed by atoms with Crippen molar-refractivity contribution in [1.29, 1.82) is 0 Å². The number of hydrazine groups is 1. The van der Waals surface area contributed by atoms with Gasteiger partial charge >= 0.3 is 0 Å². The second kappa shape index (κ2) is 6.68. The van der Waals surface area contributed by atoms with Gasteiger partial charge in [0.25, 0.3) is 0 Å². The van der Waals surface area contributed by atoms with Gasteiger partial charge in [-0.3, -0.25) is 25.2 Å². The van der Waals surface area contributed by atoms with E-state index >= 15 is 0 Å². The van der Waals surface area contributed by atoms with Gasteiger partial charge in [0.15, 0.2) is 0 Å². The fourth-order valence-electron chi connectivity index (χ4n) is 0.420. The minimum atomic E-state index is -0.588. The van der Waals surface area contributed by atoms with E-state index in [0.29, 0.717) is 0 Å². The van der Waals surface area contributed by atoms with Crippen LogP contribution in [0.1, 0.15) is 6.42 Å². The summed E-state index contributed by atoms with van der Waals surface area (Å²) < 4.78 is 0. The molecule has 3 amide bonds. The lowest BCUT2D eigenvalue weighted by Crippen LogP contribution is -2.43. The van der Waals surface area contributed by atoms with E-state index in [2.05, 4.69) is 23.1 Å². The van der Waals surface area contributed by atoms with Crippen molar-refractivity contribution in [3.63, 3.8) is 0 Å². The molecule has 0 radical (unpaired) electrons. The van der Waals surface area contributed by atoms with E-state index in [9.17, 15) is 14.4 Å². The Morgan fingerprint density at radius 1 is 1.08 bits per heavy atom. The smallest absolute Gasteiger partial charge is 0.248 e. The first-order valence-corrected chi connectivity index (χ1v) is 4.49. The highest BCUT2D eigenvalue weighted by Crippen LogP contribution is 1.81. The Morgan fingerprint density at radius 3 is 2.08 bits per heavy atom. The molecule has 8 heteroatoms. The molecule has 74 valence electrons. The number of rotatable bonds is 3. The molecule has 0 aliphatic heterocycles. The Balaban J connectivity index is 3.63. The quantitative estimate of drug-likeness (QED) is 0.200. The summed E-state index contributed by atoms with van der Waals surface area (Å²) in [5.41, 5.74) is 4.10. The van der Waals surface area contributed by atoms with Crippen LogP contribution in [0.3, 0.4) is 0 Å². The molecule has 0 rings (SSSR count). The van der Waals surface area contributed by atoms with Crippen LogP contribution in [0.15, 0.2) is 0 Å². The second-order valence-corrected chi connectivity index (χ2v) is 2.60. The third-order valence-electron chi connectivity index (χ3n) is 0.967. The summed E-state index contributed by atoms with van der Waals surface area (Å²) in [6, 6.07) is 0. The molecular formula is C5H10N3O3PS. The normalized spacial score (nSPS) is 8.77. The second-order valence-electron chi connectivity index (χ2n) is 2.00. The van der Waals surface area contributed by atoms with Crippen LogP contribution in [-0.2, 0) is 14.4 Å². The van der Waals surface area contributed by atoms with Gasteiger partial charge in [0.05, 0.1) is 5.75 Å². The van der Waals surface area contributed by atoms with Gasteiger partial charge in [-0.25, -0.2) is 0 Å². The number of hydrogen-bond acceptors (Lipinski definition) is 4. The molecular weight excluding hydrogens is 213 g/mol. The van der Waals surface area contributed by atoms with E-state index in [-0.39, 0.29) is 12.2 Å². The monoisotopic (exact) mass is 223 g/mol. The highest BCUT2D eigenvalue weighted by molar-refractivity contribution is 7.81. The van der Waals surface area contributed by atoms with Crippen molar-refractivity contribution in [2.45, 2.75) is 6.42 Å². The molecule has 0 aliphatic rings. The number of carbonyl (C=O) groups is 3. The van der Waals surface area contributed by atoms with Crippen molar-refractivity contribution in [2.75, 3.05) is 5.75 Å². The summed E-state index contributed by atoms with van der Waals surface area (Å²) in [6.45, 7) is 0. The average Bonchev–Trinajstić information content (AvgIpc) is 2.13. The Hall–Kier alpha value is -0.810. The molecule has 3 N–H and O–H groups in total. The molecule has 0 aromatic rings. The van der Waals surface area contributed by atoms with Crippen molar-refractivity contribution in [1.82, 2.24) is 15.9 Å². The molecule has 0 spiro atoms. The van der Waals surface area contributed by atoms with Gasteiger partial charge in [-0.1, -0.05) is 0 Å². The third-order valence-corrected chi connectivity index (χ3v) is 1.58. The molecule has 6 nitrogen and oxygen atoms in total. The average molecular weight is 223 g/mol. The predicted octanol–water partition coefficient (Wildman–Crippen LogP) is -1.64. The predicted molar refractivity (Wildman–Crippen MR) is 52.6 cm³/mol. The zero-order valence-electron chi connectivity index (χ0n) is 6.66. The fraction of sp³-hybridized carbons (Fsp3) is 0.400. The standard InChI is InChI=1S/C5H10N3O3PS/c9-3(1-4(10)8-12)6-7-5(11)2-13/h13H,1-2,12H2,(H,6,9)(H,7,11)(H,8,10). The van der Waals surface area contributed by atoms with Gasteiger partial charge in [-0.05, 0) is 9.39 Å². The SMILES string of the molecule is O=C(CC(=O)NNC(=O)CS)NP. The third kappa shape index (κ3) is 6.36. The summed E-state index contributed by atoms with van der Waals surface area (Å²) in [5.74, 6) is -1.52. The van der Waals surface area contributed by atoms with E-state index in [4.69, 9.17) is 0 Å². The molecule has 0 heterocycles. The molecule has 0 aromatic heterocycles. The van der Waals surface area contributed by atoms with Crippen molar-refractivity contribution in [3.8, 4) is 0 Å². The van der Waals surface area contributed by atoms with Crippen LogP contribution < -0.4 is 15.9 Å². The van der Waals surface area contributed by atoms with Crippen LogP contribution in [0.5, 0.6) is 0 Å². The summed E-state index contributed by atoms with van der Waals surface area (Å²) >= 11 is 3.66. The van der Waals surface area contributed by atoms with Gasteiger partial charge in [-0.15, -0.1) is 0 Å². The largest absolute Gasteiger partial charge is 0.340 e. The van der Waals surface area contributed by atoms with Crippen molar-refractivity contribution < 1.29 is 14.4 Å². The van der Waals surface area contributed by atoms with E-state index in [0.717, 1.165) is 0 Å². The van der Waals surface area contributed by atoms with E-state index in [1.165, 1.54) is 0 Å². The molecule has 0 aliphatic carbocycles. The zero-order chi connectivity index (χ0) is 10.3. The molecule has 0 saturated heterocycles. The fourth-order valence-corrected chi connectivity index (χ4v) is 0.601. The van der Waals surface area contributed by atoms with E-state index < -0.39 is 17.7 Å². The van der Waals surface area contributed by atoms with Gasteiger partial charge in [0.2, 0.25) is 17.7 Å². The van der Waals surface area contributed by atoms with Crippen LogP contribution in [0, 0.1) is 0 Å². The summed E-state index contributed by atoms with van der Waals surface area (Å²) in [6.07, 6.45) is -0.337. The molecule has 1 atom stereocenters. The lowest BCUT2D eigenvalue weighted by molar-refractivity contribution is -0.131.